The zero-order chi connectivity index (χ0) is 13.7. The van der Waals surface area contributed by atoms with Gasteiger partial charge in [0.1, 0.15) is 17.3 Å². The average Bonchev–Trinajstić information content (AvgIpc) is 2.85. The number of anilines is 1. The third-order valence-electron chi connectivity index (χ3n) is 2.62. The standard InChI is InChI=1S/C14H16ClNO2S/c1-17-14-6-3-10(15)7-13(14)16-8-11-4-5-12(18-11)9-19-2/h3-7,16H,8-9H2,1-2H3. The molecule has 102 valence electrons. The molecule has 0 aliphatic carbocycles. The number of nitrogens with one attached hydrogen (secondary N) is 1. The van der Waals surface area contributed by atoms with Gasteiger partial charge in [-0.25, -0.2) is 0 Å². The number of thioether (sulfide) groups is 1. The van der Waals surface area contributed by atoms with E-state index in [1.54, 1.807) is 24.9 Å². The Hall–Kier alpha value is -1.26. The van der Waals surface area contributed by atoms with Crippen LogP contribution in [0.2, 0.25) is 5.02 Å². The van der Waals surface area contributed by atoms with Crippen LogP contribution in [-0.2, 0) is 12.3 Å². The van der Waals surface area contributed by atoms with Gasteiger partial charge in [0.15, 0.2) is 0 Å². The van der Waals surface area contributed by atoms with Gasteiger partial charge < -0.3 is 14.5 Å². The van der Waals surface area contributed by atoms with Crippen molar-refractivity contribution in [3.05, 3.63) is 46.9 Å². The molecule has 2 aromatic rings. The van der Waals surface area contributed by atoms with Crippen molar-refractivity contribution >= 4 is 29.1 Å². The number of rotatable bonds is 6. The molecule has 0 aliphatic rings. The highest BCUT2D eigenvalue weighted by atomic mass is 35.5. The van der Waals surface area contributed by atoms with Gasteiger partial charge in [-0.1, -0.05) is 11.6 Å². The van der Waals surface area contributed by atoms with Crippen LogP contribution in [0, 0.1) is 0 Å². The first-order valence-corrected chi connectivity index (χ1v) is 7.64. The number of ether oxygens (including phenoxy) is 1. The zero-order valence-corrected chi connectivity index (χ0v) is 12.5. The molecule has 0 radical (unpaired) electrons. The lowest BCUT2D eigenvalue weighted by Crippen LogP contribution is -2.00. The number of furan rings is 1. The average molecular weight is 298 g/mol. The van der Waals surface area contributed by atoms with E-state index >= 15 is 0 Å². The molecule has 1 aromatic carbocycles. The first-order valence-electron chi connectivity index (χ1n) is 5.87. The van der Waals surface area contributed by atoms with Gasteiger partial charge in [0.2, 0.25) is 0 Å². The minimum absolute atomic E-state index is 0.602. The first kappa shape index (κ1) is 14.2. The Morgan fingerprint density at radius 1 is 1.26 bits per heavy atom. The predicted octanol–water partition coefficient (Wildman–Crippen LogP) is 4.42. The molecule has 1 aromatic heterocycles. The van der Waals surface area contributed by atoms with Gasteiger partial charge in [0.05, 0.1) is 25.1 Å². The van der Waals surface area contributed by atoms with E-state index in [2.05, 4.69) is 11.6 Å². The molecule has 3 nitrogen and oxygen atoms in total. The highest BCUT2D eigenvalue weighted by Gasteiger charge is 2.06. The second kappa shape index (κ2) is 6.78. The van der Waals surface area contributed by atoms with E-state index in [0.29, 0.717) is 11.6 Å². The SMILES string of the molecule is COc1ccc(Cl)cc1NCc1ccc(CSC)o1. The molecule has 0 bridgehead atoms. The number of benzene rings is 1. The van der Waals surface area contributed by atoms with E-state index in [0.717, 1.165) is 28.7 Å². The highest BCUT2D eigenvalue weighted by molar-refractivity contribution is 7.97. The van der Waals surface area contributed by atoms with Gasteiger partial charge in [0, 0.05) is 5.02 Å². The minimum atomic E-state index is 0.602. The van der Waals surface area contributed by atoms with Crippen LogP contribution in [0.15, 0.2) is 34.7 Å². The lowest BCUT2D eigenvalue weighted by molar-refractivity contribution is 0.416. The smallest absolute Gasteiger partial charge is 0.142 e. The Labute approximate surface area is 122 Å². The molecule has 0 unspecified atom stereocenters. The van der Waals surface area contributed by atoms with Crippen LogP contribution in [0.5, 0.6) is 5.75 Å². The van der Waals surface area contributed by atoms with Crippen molar-refractivity contribution in [2.24, 2.45) is 0 Å². The van der Waals surface area contributed by atoms with E-state index in [1.807, 2.05) is 24.3 Å². The fourth-order valence-electron chi connectivity index (χ4n) is 1.74. The molecular formula is C14H16ClNO2S. The summed E-state index contributed by atoms with van der Waals surface area (Å²) in [6.07, 6.45) is 2.05. The van der Waals surface area contributed by atoms with Crippen molar-refractivity contribution < 1.29 is 9.15 Å². The molecule has 0 atom stereocenters. The quantitative estimate of drug-likeness (QED) is 0.856. The van der Waals surface area contributed by atoms with Crippen LogP contribution in [-0.4, -0.2) is 13.4 Å². The largest absolute Gasteiger partial charge is 0.495 e. The summed E-state index contributed by atoms with van der Waals surface area (Å²) < 4.78 is 11.0. The number of methoxy groups -OCH3 is 1. The topological polar surface area (TPSA) is 34.4 Å². The molecule has 0 fully saturated rings. The summed E-state index contributed by atoms with van der Waals surface area (Å²) in [5.41, 5.74) is 0.859. The molecule has 1 N–H and O–H groups in total. The van der Waals surface area contributed by atoms with Gasteiger partial charge in [-0.05, 0) is 36.6 Å². The number of hydrogen-bond donors (Lipinski definition) is 1. The Balaban J connectivity index is 2.03. The Kier molecular flexibility index (Phi) is 5.05. The maximum absolute atomic E-state index is 5.98. The minimum Gasteiger partial charge on any atom is -0.495 e. The lowest BCUT2D eigenvalue weighted by Gasteiger charge is -2.10. The Morgan fingerprint density at radius 2 is 2.05 bits per heavy atom. The van der Waals surface area contributed by atoms with Crippen molar-refractivity contribution in [2.45, 2.75) is 12.3 Å². The molecule has 5 heteroatoms. The molecule has 0 aliphatic heterocycles. The van der Waals surface area contributed by atoms with Gasteiger partial charge in [-0.2, -0.15) is 11.8 Å². The lowest BCUT2D eigenvalue weighted by atomic mass is 10.3. The summed E-state index contributed by atoms with van der Waals surface area (Å²) in [5.74, 6) is 3.54. The maximum Gasteiger partial charge on any atom is 0.142 e. The van der Waals surface area contributed by atoms with Gasteiger partial charge in [-0.15, -0.1) is 0 Å². The summed E-state index contributed by atoms with van der Waals surface area (Å²) in [5, 5.41) is 3.94. The molecule has 0 amide bonds. The van der Waals surface area contributed by atoms with Crippen molar-refractivity contribution in [2.75, 3.05) is 18.7 Å². The van der Waals surface area contributed by atoms with Gasteiger partial charge in [-0.3, -0.25) is 0 Å². The first-order chi connectivity index (χ1) is 9.22. The van der Waals surface area contributed by atoms with Crippen LogP contribution in [0.1, 0.15) is 11.5 Å². The number of hydrogen-bond acceptors (Lipinski definition) is 4. The third kappa shape index (κ3) is 3.85. The predicted molar refractivity (Wildman–Crippen MR) is 81.3 cm³/mol. The second-order valence-electron chi connectivity index (χ2n) is 4.00. The van der Waals surface area contributed by atoms with E-state index < -0.39 is 0 Å². The Morgan fingerprint density at radius 3 is 2.79 bits per heavy atom. The third-order valence-corrected chi connectivity index (χ3v) is 3.43. The molecule has 19 heavy (non-hydrogen) atoms. The van der Waals surface area contributed by atoms with Crippen LogP contribution >= 0.6 is 23.4 Å². The normalized spacial score (nSPS) is 10.5. The molecular weight excluding hydrogens is 282 g/mol. The fourth-order valence-corrected chi connectivity index (χ4v) is 2.35. The number of halogens is 1. The van der Waals surface area contributed by atoms with E-state index in [-0.39, 0.29) is 0 Å². The fraction of sp³-hybridized carbons (Fsp3) is 0.286. The summed E-state index contributed by atoms with van der Waals surface area (Å²) >= 11 is 7.72. The van der Waals surface area contributed by atoms with Crippen LogP contribution in [0.3, 0.4) is 0 Å². The molecule has 0 saturated heterocycles. The summed E-state index contributed by atoms with van der Waals surface area (Å²) in [6, 6.07) is 9.46. The molecule has 0 saturated carbocycles. The van der Waals surface area contributed by atoms with Crippen molar-refractivity contribution in [3.63, 3.8) is 0 Å². The van der Waals surface area contributed by atoms with E-state index in [9.17, 15) is 0 Å². The highest BCUT2D eigenvalue weighted by Crippen LogP contribution is 2.28. The van der Waals surface area contributed by atoms with Crippen molar-refractivity contribution in [1.29, 1.82) is 0 Å². The van der Waals surface area contributed by atoms with E-state index in [1.165, 1.54) is 0 Å². The van der Waals surface area contributed by atoms with E-state index in [4.69, 9.17) is 20.8 Å². The summed E-state index contributed by atoms with van der Waals surface area (Å²) in [7, 11) is 1.64. The van der Waals surface area contributed by atoms with Gasteiger partial charge >= 0.3 is 0 Å². The zero-order valence-electron chi connectivity index (χ0n) is 10.9. The van der Waals surface area contributed by atoms with Crippen molar-refractivity contribution in [1.82, 2.24) is 0 Å². The molecule has 0 spiro atoms. The summed E-state index contributed by atoms with van der Waals surface area (Å²) in [6.45, 7) is 0.602. The van der Waals surface area contributed by atoms with Crippen LogP contribution in [0.25, 0.3) is 0 Å². The molecule has 1 heterocycles. The molecule has 2 rings (SSSR count). The monoisotopic (exact) mass is 297 g/mol. The Bertz CT molecular complexity index is 542. The maximum atomic E-state index is 5.98. The van der Waals surface area contributed by atoms with Crippen LogP contribution < -0.4 is 10.1 Å². The van der Waals surface area contributed by atoms with Gasteiger partial charge in [0.25, 0.3) is 0 Å². The second-order valence-corrected chi connectivity index (χ2v) is 5.30. The summed E-state index contributed by atoms with van der Waals surface area (Å²) in [4.78, 5) is 0. The van der Waals surface area contributed by atoms with Crippen LogP contribution in [0.4, 0.5) is 5.69 Å². The van der Waals surface area contributed by atoms with Crippen molar-refractivity contribution in [3.8, 4) is 5.75 Å².